The normalized spacial score (nSPS) is 15.4. The first-order valence-electron chi connectivity index (χ1n) is 16.0. The van der Waals surface area contributed by atoms with Crippen molar-refractivity contribution in [1.82, 2.24) is 0 Å². The minimum absolute atomic E-state index is 0.0761. The van der Waals surface area contributed by atoms with Crippen LogP contribution in [0.5, 0.6) is 0 Å². The van der Waals surface area contributed by atoms with Crippen LogP contribution in [0, 0.1) is 0 Å². The Hall–Kier alpha value is -3.82. The van der Waals surface area contributed by atoms with Gasteiger partial charge < -0.3 is 4.90 Å². The molecule has 0 fully saturated rings. The van der Waals surface area contributed by atoms with Crippen LogP contribution in [0.15, 0.2) is 97.1 Å². The number of fused-ring (bicyclic) bond motifs is 8. The highest BCUT2D eigenvalue weighted by molar-refractivity contribution is 7.26. The molecule has 5 aromatic carbocycles. The lowest BCUT2D eigenvalue weighted by Crippen LogP contribution is -2.64. The predicted octanol–water partition coefficient (Wildman–Crippen LogP) is 9.59. The van der Waals surface area contributed by atoms with E-state index in [0.717, 1.165) is 0 Å². The molecule has 0 saturated carbocycles. The average molecular weight is 590 g/mol. The van der Waals surface area contributed by atoms with E-state index in [-0.39, 0.29) is 23.0 Å². The monoisotopic (exact) mass is 589 g/mol. The summed E-state index contributed by atoms with van der Waals surface area (Å²) in [5.74, 6) is 0. The van der Waals surface area contributed by atoms with E-state index in [2.05, 4.69) is 157 Å². The molecule has 0 saturated heterocycles. The molecule has 2 aliphatic rings. The summed E-state index contributed by atoms with van der Waals surface area (Å²) >= 11 is 1.94. The zero-order chi connectivity index (χ0) is 30.8. The van der Waals surface area contributed by atoms with Gasteiger partial charge >= 0.3 is 0 Å². The summed E-state index contributed by atoms with van der Waals surface area (Å²) in [6, 6.07) is 37.5. The van der Waals surface area contributed by atoms with Crippen LogP contribution < -0.4 is 21.3 Å². The van der Waals surface area contributed by atoms with Crippen LogP contribution in [-0.4, -0.2) is 6.71 Å². The van der Waals surface area contributed by atoms with Gasteiger partial charge in [-0.3, -0.25) is 0 Å². The quantitative estimate of drug-likeness (QED) is 0.172. The van der Waals surface area contributed by atoms with Crippen molar-refractivity contribution in [2.24, 2.45) is 0 Å². The van der Waals surface area contributed by atoms with Gasteiger partial charge in [-0.15, -0.1) is 11.3 Å². The molecular formula is C41H40BNS. The smallest absolute Gasteiger partial charge is 0.247 e. The van der Waals surface area contributed by atoms with Gasteiger partial charge in [-0.1, -0.05) is 134 Å². The highest BCUT2D eigenvalue weighted by Crippen LogP contribution is 2.48. The molecular weight excluding hydrogens is 549 g/mol. The second-order valence-corrected chi connectivity index (χ2v) is 16.5. The lowest BCUT2D eigenvalue weighted by Gasteiger charge is -2.46. The molecule has 0 spiro atoms. The molecule has 1 nitrogen and oxygen atoms in total. The second-order valence-electron chi connectivity index (χ2n) is 15.5. The van der Waals surface area contributed by atoms with E-state index in [1.165, 1.54) is 75.9 Å². The summed E-state index contributed by atoms with van der Waals surface area (Å²) in [7, 11) is 0. The molecule has 2 aliphatic heterocycles. The number of rotatable bonds is 1. The van der Waals surface area contributed by atoms with Crippen molar-refractivity contribution in [2.45, 2.75) is 71.6 Å². The Labute approximate surface area is 266 Å². The van der Waals surface area contributed by atoms with E-state index in [1.54, 1.807) is 0 Å². The van der Waals surface area contributed by atoms with Gasteiger partial charge in [0, 0.05) is 32.3 Å². The lowest BCUT2D eigenvalue weighted by molar-refractivity contribution is 0.588. The molecule has 1 aromatic heterocycles. The van der Waals surface area contributed by atoms with E-state index in [9.17, 15) is 0 Å². The number of anilines is 3. The molecule has 44 heavy (non-hydrogen) atoms. The molecule has 8 rings (SSSR count). The lowest BCUT2D eigenvalue weighted by atomic mass is 9.30. The van der Waals surface area contributed by atoms with Gasteiger partial charge in [0.25, 0.3) is 0 Å². The molecule has 0 unspecified atom stereocenters. The molecule has 3 heterocycles. The number of nitrogens with zero attached hydrogens (tertiary/aromatic N) is 1. The second kappa shape index (κ2) is 9.11. The van der Waals surface area contributed by atoms with Gasteiger partial charge in [-0.25, -0.2) is 0 Å². The molecule has 0 atom stereocenters. The van der Waals surface area contributed by atoms with Crippen LogP contribution in [0.25, 0.3) is 20.2 Å². The molecule has 6 aromatic rings. The molecule has 0 N–H and O–H groups in total. The highest BCUT2D eigenvalue weighted by atomic mass is 32.1. The summed E-state index contributed by atoms with van der Waals surface area (Å²) in [6.45, 7) is 18.9. The standard InChI is InChI=1S/C41H40BNS/c1-39(2,3)25-16-19-27(20-17-25)43-34-14-11-13-31-36(34)42(33-24-26(40(4,5)6)18-22-30(33)41(31,7)8)32-23-21-29-28-12-9-10-15-35(28)44-38(29)37(32)43/h9-24H,1-8H3. The minimum atomic E-state index is -0.103. The van der Waals surface area contributed by atoms with Crippen molar-refractivity contribution in [3.05, 3.63) is 119 Å². The first-order valence-corrected chi connectivity index (χ1v) is 16.8. The maximum Gasteiger partial charge on any atom is 0.247 e. The van der Waals surface area contributed by atoms with Crippen molar-refractivity contribution in [3.8, 4) is 0 Å². The highest BCUT2D eigenvalue weighted by Gasteiger charge is 2.46. The Kier molecular flexibility index (Phi) is 5.74. The Morgan fingerprint density at radius 2 is 1.34 bits per heavy atom. The molecule has 0 bridgehead atoms. The molecule has 0 aliphatic carbocycles. The van der Waals surface area contributed by atoms with E-state index in [1.807, 2.05) is 11.3 Å². The fourth-order valence-electron chi connectivity index (χ4n) is 7.81. The molecule has 218 valence electrons. The van der Waals surface area contributed by atoms with Gasteiger partial charge in [0.2, 0.25) is 6.71 Å². The maximum absolute atomic E-state index is 2.59. The van der Waals surface area contributed by atoms with Crippen molar-refractivity contribution in [2.75, 3.05) is 4.90 Å². The van der Waals surface area contributed by atoms with Gasteiger partial charge in [-0.05, 0) is 68.3 Å². The Morgan fingerprint density at radius 1 is 0.636 bits per heavy atom. The first-order chi connectivity index (χ1) is 20.9. The predicted molar refractivity (Wildman–Crippen MR) is 195 cm³/mol. The van der Waals surface area contributed by atoms with Crippen LogP contribution in [0.2, 0.25) is 0 Å². The largest absolute Gasteiger partial charge is 0.310 e. The number of hydrogen-bond donors (Lipinski definition) is 0. The fourth-order valence-corrected chi connectivity index (χ4v) is 9.06. The molecule has 0 radical (unpaired) electrons. The molecule has 0 amide bonds. The van der Waals surface area contributed by atoms with Gasteiger partial charge in [0.05, 0.1) is 10.4 Å². The van der Waals surface area contributed by atoms with Crippen LogP contribution in [-0.2, 0) is 16.2 Å². The van der Waals surface area contributed by atoms with E-state index in [4.69, 9.17) is 0 Å². The third kappa shape index (κ3) is 3.84. The summed E-state index contributed by atoms with van der Waals surface area (Å²) in [6.07, 6.45) is 0. The van der Waals surface area contributed by atoms with Crippen molar-refractivity contribution in [3.63, 3.8) is 0 Å². The average Bonchev–Trinajstić information content (AvgIpc) is 3.37. The van der Waals surface area contributed by atoms with Crippen molar-refractivity contribution in [1.29, 1.82) is 0 Å². The summed E-state index contributed by atoms with van der Waals surface area (Å²) in [5, 5.41) is 2.69. The van der Waals surface area contributed by atoms with E-state index < -0.39 is 0 Å². The number of benzene rings is 5. The molecule has 3 heteroatoms. The maximum atomic E-state index is 2.59. The topological polar surface area (TPSA) is 3.24 Å². The third-order valence-corrected chi connectivity index (χ3v) is 11.5. The summed E-state index contributed by atoms with van der Waals surface area (Å²) in [4.78, 5) is 2.59. The number of thiophene rings is 1. The van der Waals surface area contributed by atoms with Crippen LogP contribution >= 0.6 is 11.3 Å². The van der Waals surface area contributed by atoms with Crippen molar-refractivity contribution < 1.29 is 0 Å². The number of hydrogen-bond acceptors (Lipinski definition) is 2. The van der Waals surface area contributed by atoms with Gasteiger partial charge in [0.1, 0.15) is 0 Å². The van der Waals surface area contributed by atoms with E-state index >= 15 is 0 Å². The summed E-state index contributed by atoms with van der Waals surface area (Å²) < 4.78 is 2.72. The Bertz CT molecular complexity index is 2120. The van der Waals surface area contributed by atoms with Gasteiger partial charge in [-0.2, -0.15) is 0 Å². The van der Waals surface area contributed by atoms with Gasteiger partial charge in [0.15, 0.2) is 0 Å². The first kappa shape index (κ1) is 27.7. The fraction of sp³-hybridized carbons (Fsp3) is 0.268. The van der Waals surface area contributed by atoms with Crippen LogP contribution in [0.4, 0.5) is 17.1 Å². The van der Waals surface area contributed by atoms with Crippen LogP contribution in [0.1, 0.15) is 77.6 Å². The Balaban J connectivity index is 1.50. The SMILES string of the molecule is CC(C)(C)c1ccc(N2c3cccc4c3B(c3cc(C(C)(C)C)ccc3C4(C)C)c3ccc4c(sc5ccccc54)c32)cc1. The minimum Gasteiger partial charge on any atom is -0.310 e. The van der Waals surface area contributed by atoms with Crippen molar-refractivity contribution >= 4 is 71.7 Å². The zero-order valence-electron chi connectivity index (χ0n) is 27.2. The third-order valence-electron chi connectivity index (χ3n) is 10.3. The zero-order valence-corrected chi connectivity index (χ0v) is 28.0. The van der Waals surface area contributed by atoms with E-state index in [0.29, 0.717) is 0 Å². The summed E-state index contributed by atoms with van der Waals surface area (Å²) in [5.41, 5.74) is 13.9. The van der Waals surface area contributed by atoms with Crippen LogP contribution in [0.3, 0.4) is 0 Å². The Morgan fingerprint density at radius 3 is 2.07 bits per heavy atom.